The van der Waals surface area contributed by atoms with Gasteiger partial charge in [-0.05, 0) is 42.8 Å². The molecule has 196 valence electrons. The van der Waals surface area contributed by atoms with Crippen LogP contribution in [0.1, 0.15) is 33.6 Å². The van der Waals surface area contributed by atoms with Gasteiger partial charge in [-0.25, -0.2) is 0 Å². The lowest BCUT2D eigenvalue weighted by Crippen LogP contribution is -2.31. The van der Waals surface area contributed by atoms with Crippen molar-refractivity contribution in [2.45, 2.75) is 12.8 Å². The van der Waals surface area contributed by atoms with Gasteiger partial charge in [-0.1, -0.05) is 35.3 Å². The molecule has 1 aliphatic rings. The molecule has 3 aromatic carbocycles. The first kappa shape index (κ1) is 26.1. The molecular formula is C27H16Cl2N2O8. The molecule has 2 amide bonds. The van der Waals surface area contributed by atoms with Crippen LogP contribution in [0.2, 0.25) is 10.0 Å². The molecule has 0 N–H and O–H groups in total. The summed E-state index contributed by atoms with van der Waals surface area (Å²) in [4.78, 5) is 62.6. The van der Waals surface area contributed by atoms with E-state index in [2.05, 4.69) is 0 Å². The molecule has 0 radical (unpaired) electrons. The van der Waals surface area contributed by atoms with Crippen molar-refractivity contribution in [1.82, 2.24) is 4.90 Å². The minimum atomic E-state index is -0.816. The van der Waals surface area contributed by atoms with E-state index in [1.807, 2.05) is 0 Å². The van der Waals surface area contributed by atoms with Crippen molar-refractivity contribution in [3.8, 4) is 17.1 Å². The van der Waals surface area contributed by atoms with Crippen molar-refractivity contribution < 1.29 is 28.5 Å². The minimum Gasteiger partial charge on any atom is -0.452 e. The van der Waals surface area contributed by atoms with E-state index < -0.39 is 28.1 Å². The number of amides is 2. The number of esters is 1. The van der Waals surface area contributed by atoms with Crippen LogP contribution in [0.5, 0.6) is 5.75 Å². The number of hydrogen-bond donors (Lipinski definition) is 0. The van der Waals surface area contributed by atoms with Gasteiger partial charge in [0, 0.05) is 35.7 Å². The molecule has 5 rings (SSSR count). The van der Waals surface area contributed by atoms with Crippen LogP contribution in [-0.2, 0) is 4.79 Å². The summed E-state index contributed by atoms with van der Waals surface area (Å²) in [5.74, 6) is -2.55. The lowest BCUT2D eigenvalue weighted by atomic mass is 10.1. The predicted octanol–water partition coefficient (Wildman–Crippen LogP) is 5.66. The summed E-state index contributed by atoms with van der Waals surface area (Å²) in [6.45, 7) is -0.144. The van der Waals surface area contributed by atoms with Gasteiger partial charge in [0.25, 0.3) is 17.5 Å². The number of halogens is 2. The molecule has 39 heavy (non-hydrogen) atoms. The van der Waals surface area contributed by atoms with E-state index in [1.54, 1.807) is 30.3 Å². The van der Waals surface area contributed by atoms with Crippen LogP contribution in [0.25, 0.3) is 22.3 Å². The molecule has 0 unspecified atom stereocenters. The highest BCUT2D eigenvalue weighted by Crippen LogP contribution is 2.36. The summed E-state index contributed by atoms with van der Waals surface area (Å²) in [6, 6.07) is 14.4. The number of nitrogens with zero attached hydrogens (tertiary/aromatic N) is 2. The van der Waals surface area contributed by atoms with Gasteiger partial charge >= 0.3 is 5.97 Å². The normalized spacial score (nSPS) is 12.6. The SMILES string of the molecule is O=C(CCCN1C(=O)c2ccc([N+](=O)[O-])cc2C1=O)Oc1c(-c2ccccc2Cl)oc2ccc(Cl)cc2c1=O. The van der Waals surface area contributed by atoms with Gasteiger partial charge in [0.15, 0.2) is 5.76 Å². The van der Waals surface area contributed by atoms with Crippen molar-refractivity contribution >= 4 is 57.6 Å². The van der Waals surface area contributed by atoms with Crippen LogP contribution < -0.4 is 10.2 Å². The van der Waals surface area contributed by atoms with Gasteiger partial charge in [-0.3, -0.25) is 34.2 Å². The van der Waals surface area contributed by atoms with Gasteiger partial charge in [0.1, 0.15) is 5.58 Å². The van der Waals surface area contributed by atoms with E-state index in [9.17, 15) is 29.3 Å². The van der Waals surface area contributed by atoms with Crippen molar-refractivity contribution in [1.29, 1.82) is 0 Å². The average molecular weight is 567 g/mol. The predicted molar refractivity (Wildman–Crippen MR) is 141 cm³/mol. The summed E-state index contributed by atoms with van der Waals surface area (Å²) in [7, 11) is 0. The maximum Gasteiger partial charge on any atom is 0.311 e. The highest BCUT2D eigenvalue weighted by atomic mass is 35.5. The zero-order valence-electron chi connectivity index (χ0n) is 19.8. The number of nitro groups is 1. The van der Waals surface area contributed by atoms with Crippen LogP contribution in [0.4, 0.5) is 5.69 Å². The number of imide groups is 1. The van der Waals surface area contributed by atoms with Crippen LogP contribution >= 0.6 is 23.2 Å². The Hall–Kier alpha value is -4.54. The number of benzene rings is 3. The van der Waals surface area contributed by atoms with Gasteiger partial charge in [0.05, 0.1) is 26.5 Å². The topological polar surface area (TPSA) is 137 Å². The first-order chi connectivity index (χ1) is 18.7. The Kier molecular flexibility index (Phi) is 6.90. The van der Waals surface area contributed by atoms with E-state index in [-0.39, 0.29) is 68.7 Å². The lowest BCUT2D eigenvalue weighted by Gasteiger charge is -2.14. The Morgan fingerprint density at radius 1 is 0.949 bits per heavy atom. The summed E-state index contributed by atoms with van der Waals surface area (Å²) in [6.07, 6.45) is -0.249. The number of rotatable bonds is 7. The highest BCUT2D eigenvalue weighted by molar-refractivity contribution is 6.33. The number of ether oxygens (including phenoxy) is 1. The Labute approximate surface area is 229 Å². The maximum absolute atomic E-state index is 13.3. The smallest absolute Gasteiger partial charge is 0.311 e. The molecule has 1 aromatic heterocycles. The number of carbonyl (C=O) groups is 3. The molecule has 0 atom stereocenters. The molecule has 0 aliphatic carbocycles. The lowest BCUT2D eigenvalue weighted by molar-refractivity contribution is -0.384. The summed E-state index contributed by atoms with van der Waals surface area (Å²) >= 11 is 12.4. The number of non-ortho nitro benzene ring substituents is 1. The van der Waals surface area contributed by atoms with Crippen molar-refractivity contribution in [3.05, 3.63) is 102 Å². The summed E-state index contributed by atoms with van der Waals surface area (Å²) in [5.41, 5.74) is -0.436. The molecule has 1 aliphatic heterocycles. The third-order valence-corrected chi connectivity index (χ3v) is 6.64. The first-order valence-electron chi connectivity index (χ1n) is 11.5. The number of fused-ring (bicyclic) bond motifs is 2. The van der Waals surface area contributed by atoms with Crippen LogP contribution in [0, 0.1) is 10.1 Å². The molecule has 10 nitrogen and oxygen atoms in total. The average Bonchev–Trinajstić information content (AvgIpc) is 3.15. The molecule has 2 heterocycles. The summed E-state index contributed by atoms with van der Waals surface area (Å²) in [5, 5.41) is 11.7. The molecule has 0 bridgehead atoms. The highest BCUT2D eigenvalue weighted by Gasteiger charge is 2.36. The van der Waals surface area contributed by atoms with Crippen LogP contribution in [0.3, 0.4) is 0 Å². The number of carbonyl (C=O) groups excluding carboxylic acids is 3. The second-order valence-electron chi connectivity index (χ2n) is 8.54. The first-order valence-corrected chi connectivity index (χ1v) is 12.3. The van der Waals surface area contributed by atoms with Crippen LogP contribution in [0.15, 0.2) is 69.9 Å². The van der Waals surface area contributed by atoms with Crippen LogP contribution in [-0.4, -0.2) is 34.2 Å². The fourth-order valence-corrected chi connectivity index (χ4v) is 4.60. The third-order valence-electron chi connectivity index (χ3n) is 6.07. The Morgan fingerprint density at radius 2 is 1.69 bits per heavy atom. The monoisotopic (exact) mass is 566 g/mol. The van der Waals surface area contributed by atoms with E-state index in [0.717, 1.165) is 17.0 Å². The van der Waals surface area contributed by atoms with E-state index >= 15 is 0 Å². The molecule has 0 saturated heterocycles. The van der Waals surface area contributed by atoms with Gasteiger partial charge in [-0.15, -0.1) is 0 Å². The van der Waals surface area contributed by atoms with Gasteiger partial charge in [-0.2, -0.15) is 0 Å². The largest absolute Gasteiger partial charge is 0.452 e. The van der Waals surface area contributed by atoms with E-state index in [1.165, 1.54) is 18.2 Å². The van der Waals surface area contributed by atoms with Gasteiger partial charge < -0.3 is 9.15 Å². The molecule has 4 aromatic rings. The Bertz CT molecular complexity index is 1760. The van der Waals surface area contributed by atoms with Crippen molar-refractivity contribution in [2.24, 2.45) is 0 Å². The molecule has 12 heteroatoms. The summed E-state index contributed by atoms with van der Waals surface area (Å²) < 4.78 is 11.4. The van der Waals surface area contributed by atoms with Crippen molar-refractivity contribution in [3.63, 3.8) is 0 Å². The standard InChI is InChI=1S/C27H16Cl2N2O8/c28-14-7-10-21-19(12-14)23(33)25(24(38-21)17-4-1-2-5-20(17)29)39-22(32)6-3-11-30-26(34)16-9-8-15(31(36)37)13-18(16)27(30)35/h1-2,4-5,7-10,12-13H,3,6,11H2. The molecular weight excluding hydrogens is 551 g/mol. The zero-order valence-corrected chi connectivity index (χ0v) is 21.3. The quantitative estimate of drug-likeness (QED) is 0.121. The van der Waals surface area contributed by atoms with Crippen molar-refractivity contribution in [2.75, 3.05) is 6.54 Å². The minimum absolute atomic E-state index is 0.0125. The zero-order chi connectivity index (χ0) is 27.8. The fourth-order valence-electron chi connectivity index (χ4n) is 4.21. The third kappa shape index (κ3) is 4.87. The van der Waals surface area contributed by atoms with E-state index in [0.29, 0.717) is 5.56 Å². The van der Waals surface area contributed by atoms with Gasteiger partial charge in [0.2, 0.25) is 11.2 Å². The number of hydrogen-bond acceptors (Lipinski definition) is 8. The fraction of sp³-hybridized carbons (Fsp3) is 0.111. The number of nitro benzene ring substituents is 1. The second kappa shape index (κ2) is 10.3. The second-order valence-corrected chi connectivity index (χ2v) is 9.38. The molecule has 0 saturated carbocycles. The Balaban J connectivity index is 1.36. The Morgan fingerprint density at radius 3 is 2.44 bits per heavy atom. The molecule has 0 fully saturated rings. The maximum atomic E-state index is 13.3. The molecule has 0 spiro atoms. The van der Waals surface area contributed by atoms with E-state index in [4.69, 9.17) is 32.4 Å².